The number of hydrogen-bond acceptors (Lipinski definition) is 1. The maximum absolute atomic E-state index is 3.53. The monoisotopic (exact) mass is 167 g/mol. The Morgan fingerprint density at radius 2 is 2.17 bits per heavy atom. The second-order valence-corrected chi connectivity index (χ2v) is 4.99. The highest BCUT2D eigenvalue weighted by atomic mass is 14.9. The summed E-state index contributed by atoms with van der Waals surface area (Å²) in [6.07, 6.45) is 5.79. The first kappa shape index (κ1) is 8.55. The van der Waals surface area contributed by atoms with E-state index in [1.165, 1.54) is 38.8 Å². The minimum atomic E-state index is 0.670. The predicted molar refractivity (Wildman–Crippen MR) is 52.1 cm³/mol. The highest BCUT2D eigenvalue weighted by Crippen LogP contribution is 2.48. The van der Waals surface area contributed by atoms with Gasteiger partial charge in [0.2, 0.25) is 0 Å². The number of fused-ring (bicyclic) bond motifs is 1. The fourth-order valence-corrected chi connectivity index (χ4v) is 3.15. The lowest BCUT2D eigenvalue weighted by molar-refractivity contribution is 0.0213. The normalized spacial score (nSPS) is 48.5. The molecule has 70 valence electrons. The molecule has 1 heteroatoms. The van der Waals surface area contributed by atoms with Crippen LogP contribution in [-0.2, 0) is 0 Å². The minimum absolute atomic E-state index is 0.670. The van der Waals surface area contributed by atoms with Gasteiger partial charge in [-0.1, -0.05) is 26.7 Å². The third-order valence-corrected chi connectivity index (χ3v) is 4.48. The van der Waals surface area contributed by atoms with E-state index in [1.807, 2.05) is 0 Å². The van der Waals surface area contributed by atoms with E-state index in [0.29, 0.717) is 5.41 Å². The average molecular weight is 167 g/mol. The van der Waals surface area contributed by atoms with E-state index in [2.05, 4.69) is 19.2 Å². The summed E-state index contributed by atoms with van der Waals surface area (Å²) < 4.78 is 0. The van der Waals surface area contributed by atoms with Crippen molar-refractivity contribution in [1.82, 2.24) is 5.32 Å². The molecule has 1 aliphatic carbocycles. The Balaban J connectivity index is 2.14. The van der Waals surface area contributed by atoms with Crippen molar-refractivity contribution in [3.63, 3.8) is 0 Å². The summed E-state index contributed by atoms with van der Waals surface area (Å²) in [6.45, 7) is 7.50. The van der Waals surface area contributed by atoms with Crippen molar-refractivity contribution < 1.29 is 0 Å². The van der Waals surface area contributed by atoms with Crippen LogP contribution in [0.1, 0.15) is 39.5 Å². The second kappa shape index (κ2) is 3.02. The van der Waals surface area contributed by atoms with Gasteiger partial charge in [-0.25, -0.2) is 0 Å². The van der Waals surface area contributed by atoms with Gasteiger partial charge < -0.3 is 5.32 Å². The van der Waals surface area contributed by atoms with Crippen LogP contribution in [0.4, 0.5) is 0 Å². The number of nitrogens with one attached hydrogen (secondary N) is 1. The van der Waals surface area contributed by atoms with Gasteiger partial charge in [-0.3, -0.25) is 0 Å². The lowest BCUT2D eigenvalue weighted by atomic mass is 9.59. The van der Waals surface area contributed by atoms with Gasteiger partial charge in [0.1, 0.15) is 0 Å². The zero-order valence-corrected chi connectivity index (χ0v) is 8.40. The van der Waals surface area contributed by atoms with Gasteiger partial charge in [0, 0.05) is 0 Å². The van der Waals surface area contributed by atoms with Gasteiger partial charge in [0.15, 0.2) is 0 Å². The van der Waals surface area contributed by atoms with Crippen LogP contribution in [0.5, 0.6) is 0 Å². The van der Waals surface area contributed by atoms with Gasteiger partial charge in [-0.05, 0) is 43.2 Å². The highest BCUT2D eigenvalue weighted by Gasteiger charge is 2.42. The topological polar surface area (TPSA) is 12.0 Å². The van der Waals surface area contributed by atoms with E-state index >= 15 is 0 Å². The Bertz CT molecular complexity index is 164. The SMILES string of the molecule is CC1CCCC2CNCCC12C. The van der Waals surface area contributed by atoms with Crippen LogP contribution in [0, 0.1) is 17.3 Å². The van der Waals surface area contributed by atoms with Crippen molar-refractivity contribution in [1.29, 1.82) is 0 Å². The van der Waals surface area contributed by atoms with Gasteiger partial charge >= 0.3 is 0 Å². The molecule has 0 aromatic heterocycles. The summed E-state index contributed by atoms with van der Waals surface area (Å²) in [5.74, 6) is 1.92. The predicted octanol–water partition coefficient (Wildman–Crippen LogP) is 2.42. The van der Waals surface area contributed by atoms with Crippen LogP contribution in [0.3, 0.4) is 0 Å². The fraction of sp³-hybridized carbons (Fsp3) is 1.00. The molecule has 0 radical (unpaired) electrons. The summed E-state index contributed by atoms with van der Waals surface area (Å²) in [5, 5.41) is 3.53. The van der Waals surface area contributed by atoms with Crippen LogP contribution in [0.15, 0.2) is 0 Å². The standard InChI is InChI=1S/C11H21N/c1-9-4-3-5-10-8-12-7-6-11(9,10)2/h9-10,12H,3-8H2,1-2H3. The summed E-state index contributed by atoms with van der Waals surface area (Å²) in [7, 11) is 0. The van der Waals surface area contributed by atoms with Crippen molar-refractivity contribution in [2.45, 2.75) is 39.5 Å². The van der Waals surface area contributed by atoms with Gasteiger partial charge in [0.25, 0.3) is 0 Å². The number of hydrogen-bond donors (Lipinski definition) is 1. The first-order valence-electron chi connectivity index (χ1n) is 5.44. The molecule has 0 aromatic carbocycles. The molecule has 1 heterocycles. The molecule has 2 rings (SSSR count). The van der Waals surface area contributed by atoms with Crippen LogP contribution < -0.4 is 5.32 Å². The van der Waals surface area contributed by atoms with Crippen LogP contribution >= 0.6 is 0 Å². The first-order valence-corrected chi connectivity index (χ1v) is 5.44. The molecule has 0 aromatic rings. The third-order valence-electron chi connectivity index (χ3n) is 4.48. The largest absolute Gasteiger partial charge is 0.316 e. The molecule has 0 spiro atoms. The Labute approximate surface area is 75.9 Å². The third kappa shape index (κ3) is 1.19. The maximum Gasteiger partial charge on any atom is -0.00152 e. The van der Waals surface area contributed by atoms with Crippen LogP contribution in [0.25, 0.3) is 0 Å². The molecular weight excluding hydrogens is 146 g/mol. The summed E-state index contributed by atoms with van der Waals surface area (Å²) in [6, 6.07) is 0. The van der Waals surface area contributed by atoms with Crippen LogP contribution in [-0.4, -0.2) is 13.1 Å². The number of rotatable bonds is 0. The van der Waals surface area contributed by atoms with E-state index in [4.69, 9.17) is 0 Å². The van der Waals surface area contributed by atoms with Crippen molar-refractivity contribution in [3.8, 4) is 0 Å². The molecule has 0 amide bonds. The second-order valence-electron chi connectivity index (χ2n) is 4.99. The van der Waals surface area contributed by atoms with E-state index in [1.54, 1.807) is 0 Å². The van der Waals surface area contributed by atoms with Crippen molar-refractivity contribution in [3.05, 3.63) is 0 Å². The Hall–Kier alpha value is -0.0400. The van der Waals surface area contributed by atoms with Crippen molar-refractivity contribution in [2.24, 2.45) is 17.3 Å². The van der Waals surface area contributed by atoms with Gasteiger partial charge in [0.05, 0.1) is 0 Å². The maximum atomic E-state index is 3.53. The molecule has 1 saturated carbocycles. The quantitative estimate of drug-likeness (QED) is 0.584. The molecular formula is C11H21N. The first-order chi connectivity index (χ1) is 5.73. The zero-order valence-electron chi connectivity index (χ0n) is 8.40. The van der Waals surface area contributed by atoms with Crippen molar-refractivity contribution in [2.75, 3.05) is 13.1 Å². The molecule has 1 N–H and O–H groups in total. The lowest BCUT2D eigenvalue weighted by Crippen LogP contribution is -2.48. The molecule has 2 fully saturated rings. The molecule has 3 unspecified atom stereocenters. The zero-order chi connectivity index (χ0) is 8.60. The summed E-state index contributed by atoms with van der Waals surface area (Å²) in [4.78, 5) is 0. The summed E-state index contributed by atoms with van der Waals surface area (Å²) >= 11 is 0. The Morgan fingerprint density at radius 1 is 1.33 bits per heavy atom. The van der Waals surface area contributed by atoms with E-state index in [9.17, 15) is 0 Å². The van der Waals surface area contributed by atoms with E-state index in [0.717, 1.165) is 11.8 Å². The molecule has 1 nitrogen and oxygen atoms in total. The molecule has 3 atom stereocenters. The lowest BCUT2D eigenvalue weighted by Gasteiger charge is -2.49. The average Bonchev–Trinajstić information content (AvgIpc) is 2.07. The molecule has 0 bridgehead atoms. The van der Waals surface area contributed by atoms with E-state index < -0.39 is 0 Å². The fourth-order valence-electron chi connectivity index (χ4n) is 3.15. The van der Waals surface area contributed by atoms with E-state index in [-0.39, 0.29) is 0 Å². The Morgan fingerprint density at radius 3 is 2.92 bits per heavy atom. The highest BCUT2D eigenvalue weighted by molar-refractivity contribution is 4.94. The summed E-state index contributed by atoms with van der Waals surface area (Å²) in [5.41, 5.74) is 0.670. The minimum Gasteiger partial charge on any atom is -0.316 e. The molecule has 1 saturated heterocycles. The van der Waals surface area contributed by atoms with Gasteiger partial charge in [-0.15, -0.1) is 0 Å². The smallest absolute Gasteiger partial charge is 0.00152 e. The van der Waals surface area contributed by atoms with Crippen LogP contribution in [0.2, 0.25) is 0 Å². The Kier molecular flexibility index (Phi) is 2.16. The van der Waals surface area contributed by atoms with Gasteiger partial charge in [-0.2, -0.15) is 0 Å². The molecule has 2 aliphatic rings. The van der Waals surface area contributed by atoms with Crippen molar-refractivity contribution >= 4 is 0 Å². The molecule has 1 aliphatic heterocycles. The molecule has 12 heavy (non-hydrogen) atoms. The number of piperidine rings is 1.